The third-order valence-electron chi connectivity index (χ3n) is 2.74. The second-order valence-corrected chi connectivity index (χ2v) is 4.37. The summed E-state index contributed by atoms with van der Waals surface area (Å²) in [7, 11) is 0. The maximum atomic E-state index is 9.70. The third kappa shape index (κ3) is 3.08. The lowest BCUT2D eigenvalue weighted by Crippen LogP contribution is -2.01. The average molecular weight is 243 g/mol. The summed E-state index contributed by atoms with van der Waals surface area (Å²) in [5, 5.41) is 9.70. The summed E-state index contributed by atoms with van der Waals surface area (Å²) in [6.07, 6.45) is 2.98. The van der Waals surface area contributed by atoms with E-state index in [1.165, 1.54) is 0 Å². The number of aliphatic hydroxyl groups is 1. The van der Waals surface area contributed by atoms with Crippen molar-refractivity contribution in [1.82, 2.24) is 4.98 Å². The van der Waals surface area contributed by atoms with Gasteiger partial charge in [0.1, 0.15) is 12.4 Å². The van der Waals surface area contributed by atoms with Gasteiger partial charge in [-0.2, -0.15) is 0 Å². The number of pyridine rings is 1. The zero-order valence-electron chi connectivity index (χ0n) is 10.6. The summed E-state index contributed by atoms with van der Waals surface area (Å²) in [4.78, 5) is 4.04. The highest BCUT2D eigenvalue weighted by Gasteiger charge is 2.09. The van der Waals surface area contributed by atoms with E-state index in [0.717, 1.165) is 22.4 Å². The number of rotatable bonds is 4. The molecule has 0 unspecified atom stereocenters. The lowest BCUT2D eigenvalue weighted by atomic mass is 10.1. The third-order valence-corrected chi connectivity index (χ3v) is 2.74. The lowest BCUT2D eigenvalue weighted by molar-refractivity contribution is 0.190. The molecular formula is C15H17NO2. The van der Waals surface area contributed by atoms with E-state index in [1.807, 2.05) is 37.3 Å². The van der Waals surface area contributed by atoms with Crippen molar-refractivity contribution in [1.29, 1.82) is 0 Å². The highest BCUT2D eigenvalue weighted by Crippen LogP contribution is 2.26. The zero-order valence-corrected chi connectivity index (χ0v) is 10.6. The molecule has 1 aromatic carbocycles. The van der Waals surface area contributed by atoms with Crippen LogP contribution in [0.25, 0.3) is 0 Å². The Morgan fingerprint density at radius 3 is 2.83 bits per heavy atom. The fraction of sp³-hybridized carbons (Fsp3) is 0.267. The molecule has 2 aromatic rings. The summed E-state index contributed by atoms with van der Waals surface area (Å²) in [5.41, 5.74) is 2.93. The molecule has 18 heavy (non-hydrogen) atoms. The van der Waals surface area contributed by atoms with E-state index in [-0.39, 0.29) is 0 Å². The molecule has 0 aliphatic rings. The van der Waals surface area contributed by atoms with Crippen molar-refractivity contribution < 1.29 is 9.84 Å². The van der Waals surface area contributed by atoms with Crippen LogP contribution in [0.5, 0.6) is 5.75 Å². The molecule has 94 valence electrons. The predicted molar refractivity (Wildman–Crippen MR) is 70.4 cm³/mol. The molecule has 0 radical (unpaired) electrons. The molecule has 0 bridgehead atoms. The van der Waals surface area contributed by atoms with Crippen LogP contribution in [0.2, 0.25) is 0 Å². The molecule has 2 rings (SSSR count). The first-order valence-corrected chi connectivity index (χ1v) is 5.97. The molecule has 1 N–H and O–H groups in total. The summed E-state index contributed by atoms with van der Waals surface area (Å²) in [5.74, 6) is 0.730. The Hall–Kier alpha value is -1.87. The number of hydrogen-bond donors (Lipinski definition) is 1. The first-order chi connectivity index (χ1) is 8.66. The van der Waals surface area contributed by atoms with Crippen molar-refractivity contribution in [2.45, 2.75) is 26.6 Å². The topological polar surface area (TPSA) is 42.4 Å². The minimum absolute atomic E-state index is 0.455. The van der Waals surface area contributed by atoms with Crippen molar-refractivity contribution in [3.63, 3.8) is 0 Å². The first-order valence-electron chi connectivity index (χ1n) is 5.97. The van der Waals surface area contributed by atoms with E-state index in [2.05, 4.69) is 4.98 Å². The molecule has 1 heterocycles. The van der Waals surface area contributed by atoms with Crippen molar-refractivity contribution >= 4 is 0 Å². The van der Waals surface area contributed by atoms with Gasteiger partial charge in [0.2, 0.25) is 0 Å². The van der Waals surface area contributed by atoms with Crippen LogP contribution in [0.15, 0.2) is 42.7 Å². The minimum Gasteiger partial charge on any atom is -0.488 e. The van der Waals surface area contributed by atoms with Gasteiger partial charge in [-0.05, 0) is 31.5 Å². The van der Waals surface area contributed by atoms with Crippen LogP contribution in [0.1, 0.15) is 29.7 Å². The zero-order chi connectivity index (χ0) is 13.0. The van der Waals surface area contributed by atoms with Gasteiger partial charge in [0.15, 0.2) is 0 Å². The molecule has 0 amide bonds. The van der Waals surface area contributed by atoms with Gasteiger partial charge in [0, 0.05) is 23.5 Å². The van der Waals surface area contributed by atoms with Gasteiger partial charge in [-0.15, -0.1) is 0 Å². The summed E-state index contributed by atoms with van der Waals surface area (Å²) >= 11 is 0. The van der Waals surface area contributed by atoms with Crippen LogP contribution in [-0.2, 0) is 6.61 Å². The number of aromatic nitrogens is 1. The molecule has 3 heteroatoms. The Balaban J connectivity index is 2.15. The number of hydrogen-bond acceptors (Lipinski definition) is 3. The number of aryl methyl sites for hydroxylation is 1. The summed E-state index contributed by atoms with van der Waals surface area (Å²) in [6.45, 7) is 4.20. The van der Waals surface area contributed by atoms with Crippen LogP contribution in [0.4, 0.5) is 0 Å². The summed E-state index contributed by atoms with van der Waals surface area (Å²) in [6, 6.07) is 9.66. The van der Waals surface area contributed by atoms with Crippen LogP contribution in [-0.4, -0.2) is 10.1 Å². The normalized spacial score (nSPS) is 12.2. The van der Waals surface area contributed by atoms with E-state index >= 15 is 0 Å². The van der Waals surface area contributed by atoms with Crippen molar-refractivity contribution in [2.24, 2.45) is 0 Å². The van der Waals surface area contributed by atoms with E-state index in [4.69, 9.17) is 4.74 Å². The molecule has 0 saturated carbocycles. The maximum Gasteiger partial charge on any atom is 0.125 e. The SMILES string of the molecule is Cc1ccc([C@H](C)O)c(OCc2cccnc2)c1. The Bertz CT molecular complexity index is 509. The number of benzene rings is 1. The van der Waals surface area contributed by atoms with Gasteiger partial charge in [-0.3, -0.25) is 4.98 Å². The lowest BCUT2D eigenvalue weighted by Gasteiger charge is -2.14. The maximum absolute atomic E-state index is 9.70. The highest BCUT2D eigenvalue weighted by molar-refractivity contribution is 5.38. The van der Waals surface area contributed by atoms with Crippen LogP contribution in [0, 0.1) is 6.92 Å². The fourth-order valence-corrected chi connectivity index (χ4v) is 1.76. The Morgan fingerprint density at radius 2 is 2.17 bits per heavy atom. The van der Waals surface area contributed by atoms with E-state index in [0.29, 0.717) is 6.61 Å². The van der Waals surface area contributed by atoms with Gasteiger partial charge in [-0.1, -0.05) is 18.2 Å². The van der Waals surface area contributed by atoms with Crippen LogP contribution >= 0.6 is 0 Å². The molecule has 0 aliphatic carbocycles. The quantitative estimate of drug-likeness (QED) is 0.897. The van der Waals surface area contributed by atoms with Gasteiger partial charge in [0.05, 0.1) is 6.10 Å². The largest absolute Gasteiger partial charge is 0.488 e. The number of aliphatic hydroxyl groups excluding tert-OH is 1. The molecular weight excluding hydrogens is 226 g/mol. The molecule has 1 aromatic heterocycles. The fourth-order valence-electron chi connectivity index (χ4n) is 1.76. The number of ether oxygens (including phenoxy) is 1. The van der Waals surface area contributed by atoms with Gasteiger partial charge in [-0.25, -0.2) is 0 Å². The van der Waals surface area contributed by atoms with E-state index in [1.54, 1.807) is 19.3 Å². The molecule has 0 spiro atoms. The minimum atomic E-state index is -0.533. The van der Waals surface area contributed by atoms with Gasteiger partial charge < -0.3 is 9.84 Å². The monoisotopic (exact) mass is 243 g/mol. The summed E-state index contributed by atoms with van der Waals surface area (Å²) < 4.78 is 5.77. The van der Waals surface area contributed by atoms with Crippen molar-refractivity contribution in [3.05, 3.63) is 59.4 Å². The predicted octanol–water partition coefficient (Wildman–Crippen LogP) is 3.02. The second-order valence-electron chi connectivity index (χ2n) is 4.37. The standard InChI is InChI=1S/C15H17NO2/c1-11-5-6-14(12(2)17)15(8-11)18-10-13-4-3-7-16-9-13/h3-9,12,17H,10H2,1-2H3/t12-/m0/s1. The smallest absolute Gasteiger partial charge is 0.125 e. The molecule has 0 aliphatic heterocycles. The van der Waals surface area contributed by atoms with Crippen molar-refractivity contribution in [3.8, 4) is 5.75 Å². The van der Waals surface area contributed by atoms with Crippen LogP contribution < -0.4 is 4.74 Å². The first kappa shape index (κ1) is 12.6. The van der Waals surface area contributed by atoms with E-state index < -0.39 is 6.10 Å². The van der Waals surface area contributed by atoms with Gasteiger partial charge >= 0.3 is 0 Å². The molecule has 1 atom stereocenters. The van der Waals surface area contributed by atoms with E-state index in [9.17, 15) is 5.11 Å². The Kier molecular flexibility index (Phi) is 3.95. The molecule has 3 nitrogen and oxygen atoms in total. The van der Waals surface area contributed by atoms with Crippen LogP contribution in [0.3, 0.4) is 0 Å². The number of nitrogens with zero attached hydrogens (tertiary/aromatic N) is 1. The van der Waals surface area contributed by atoms with Gasteiger partial charge in [0.25, 0.3) is 0 Å². The molecule has 0 saturated heterocycles. The Labute approximate surface area is 107 Å². The second kappa shape index (κ2) is 5.65. The van der Waals surface area contributed by atoms with Crippen molar-refractivity contribution in [2.75, 3.05) is 0 Å². The highest BCUT2D eigenvalue weighted by atomic mass is 16.5. The Morgan fingerprint density at radius 1 is 1.33 bits per heavy atom. The molecule has 0 fully saturated rings. The average Bonchev–Trinajstić information content (AvgIpc) is 2.37.